The standard InChI is InChI=1S/C35H43N3O5/c1-3-42-31(39)22-38(14-13-23-9-5-4-6-10-23)33(40)35(2,20-28-21-36-30-12-8-7-11-29(28)30)37-34(41)43-32-26-16-24-15-25(18-26)19-27(32)17-24/h4-12,21,24-27,32,36H,3,13-20,22H2,1-2H3,(H,37,41). The van der Waals surface area contributed by atoms with Crippen LogP contribution in [0.5, 0.6) is 0 Å². The summed E-state index contributed by atoms with van der Waals surface area (Å²) < 4.78 is 11.4. The van der Waals surface area contributed by atoms with Crippen molar-refractivity contribution in [1.29, 1.82) is 0 Å². The predicted octanol–water partition coefficient (Wildman–Crippen LogP) is 5.65. The molecule has 2 N–H and O–H groups in total. The zero-order chi connectivity index (χ0) is 30.0. The van der Waals surface area contributed by atoms with Crippen molar-refractivity contribution in [2.24, 2.45) is 23.7 Å². The molecule has 0 saturated heterocycles. The van der Waals surface area contributed by atoms with Crippen molar-refractivity contribution in [3.05, 3.63) is 71.9 Å². The molecule has 1 heterocycles. The van der Waals surface area contributed by atoms with E-state index >= 15 is 0 Å². The Kier molecular flexibility index (Phi) is 8.46. The van der Waals surface area contributed by atoms with Crippen LogP contribution in [0.25, 0.3) is 10.9 Å². The molecule has 2 amide bonds. The van der Waals surface area contributed by atoms with E-state index in [1.165, 1.54) is 11.3 Å². The molecule has 8 nitrogen and oxygen atoms in total. The molecule has 2 aromatic carbocycles. The molecule has 0 spiro atoms. The van der Waals surface area contributed by atoms with Gasteiger partial charge in [0.2, 0.25) is 5.91 Å². The average molecular weight is 586 g/mol. The zero-order valence-corrected chi connectivity index (χ0v) is 25.2. The first-order valence-electron chi connectivity index (χ1n) is 15.8. The minimum Gasteiger partial charge on any atom is -0.465 e. The van der Waals surface area contributed by atoms with Gasteiger partial charge in [-0.1, -0.05) is 48.5 Å². The Labute approximate surface area is 253 Å². The van der Waals surface area contributed by atoms with Crippen LogP contribution in [0, 0.1) is 23.7 Å². The van der Waals surface area contributed by atoms with E-state index in [0.717, 1.165) is 59.5 Å². The molecule has 3 aromatic rings. The number of benzene rings is 2. The molecule has 0 aliphatic heterocycles. The smallest absolute Gasteiger partial charge is 0.408 e. The number of hydrogen-bond donors (Lipinski definition) is 2. The summed E-state index contributed by atoms with van der Waals surface area (Å²) >= 11 is 0. The highest BCUT2D eigenvalue weighted by Crippen LogP contribution is 2.54. The Balaban J connectivity index is 1.26. The van der Waals surface area contributed by atoms with Crippen LogP contribution in [0.15, 0.2) is 60.8 Å². The molecular formula is C35H43N3O5. The maximum Gasteiger partial charge on any atom is 0.408 e. The second kappa shape index (κ2) is 12.4. The summed E-state index contributed by atoms with van der Waals surface area (Å²) in [4.78, 5) is 45.7. The third-order valence-corrected chi connectivity index (χ3v) is 9.88. The molecule has 4 bridgehead atoms. The normalized spacial score (nSPS) is 25.2. The van der Waals surface area contributed by atoms with E-state index in [1.54, 1.807) is 13.8 Å². The van der Waals surface area contributed by atoms with Crippen molar-refractivity contribution < 1.29 is 23.9 Å². The number of aromatic amines is 1. The van der Waals surface area contributed by atoms with Gasteiger partial charge in [0, 0.05) is 30.1 Å². The van der Waals surface area contributed by atoms with Crippen LogP contribution in [0.4, 0.5) is 4.79 Å². The first-order valence-corrected chi connectivity index (χ1v) is 15.8. The summed E-state index contributed by atoms with van der Waals surface area (Å²) in [6.45, 7) is 3.82. The van der Waals surface area contributed by atoms with E-state index in [0.29, 0.717) is 24.8 Å². The molecule has 4 aliphatic rings. The van der Waals surface area contributed by atoms with E-state index in [1.807, 2.05) is 60.8 Å². The van der Waals surface area contributed by atoms with Crippen LogP contribution < -0.4 is 5.32 Å². The number of carbonyl (C=O) groups is 3. The highest BCUT2D eigenvalue weighted by atomic mass is 16.6. The van der Waals surface area contributed by atoms with E-state index < -0.39 is 17.6 Å². The second-order valence-corrected chi connectivity index (χ2v) is 13.1. The van der Waals surface area contributed by atoms with Crippen molar-refractivity contribution in [2.75, 3.05) is 19.7 Å². The first-order chi connectivity index (χ1) is 20.8. The maximum absolute atomic E-state index is 14.5. The molecule has 1 unspecified atom stereocenters. The molecule has 43 heavy (non-hydrogen) atoms. The number of esters is 1. The highest BCUT2D eigenvalue weighted by molar-refractivity contribution is 5.93. The van der Waals surface area contributed by atoms with E-state index in [-0.39, 0.29) is 31.6 Å². The minimum absolute atomic E-state index is 0.103. The second-order valence-electron chi connectivity index (χ2n) is 13.1. The number of rotatable bonds is 11. The number of hydrogen-bond acceptors (Lipinski definition) is 5. The fourth-order valence-electron chi connectivity index (χ4n) is 8.15. The Bertz CT molecular complexity index is 1420. The summed E-state index contributed by atoms with van der Waals surface area (Å²) in [5, 5.41) is 4.01. The van der Waals surface area contributed by atoms with E-state index in [4.69, 9.17) is 9.47 Å². The van der Waals surface area contributed by atoms with Crippen LogP contribution in [-0.2, 0) is 31.9 Å². The summed E-state index contributed by atoms with van der Waals surface area (Å²) in [5.41, 5.74) is 1.55. The predicted molar refractivity (Wildman–Crippen MR) is 164 cm³/mol. The van der Waals surface area contributed by atoms with Crippen LogP contribution in [0.2, 0.25) is 0 Å². The monoisotopic (exact) mass is 585 g/mol. The summed E-state index contributed by atoms with van der Waals surface area (Å²) in [7, 11) is 0. The third kappa shape index (κ3) is 6.43. The number of nitrogens with zero attached hydrogens (tertiary/aromatic N) is 1. The van der Waals surface area contributed by atoms with E-state index in [9.17, 15) is 14.4 Å². The number of H-pyrrole nitrogens is 1. The van der Waals surface area contributed by atoms with E-state index in [2.05, 4.69) is 10.3 Å². The molecule has 228 valence electrons. The summed E-state index contributed by atoms with van der Waals surface area (Å²) in [5.74, 6) is 1.52. The number of nitrogens with one attached hydrogen (secondary N) is 2. The van der Waals surface area contributed by atoms with Gasteiger partial charge in [-0.3, -0.25) is 9.59 Å². The Morgan fingerprint density at radius 2 is 1.63 bits per heavy atom. The van der Waals surface area contributed by atoms with Crippen molar-refractivity contribution in [3.63, 3.8) is 0 Å². The quantitative estimate of drug-likeness (QED) is 0.283. The fraction of sp³-hybridized carbons (Fsp3) is 0.514. The van der Waals surface area contributed by atoms with Gasteiger partial charge in [-0.05, 0) is 93.2 Å². The van der Waals surface area contributed by atoms with Crippen LogP contribution in [0.3, 0.4) is 0 Å². The van der Waals surface area contributed by atoms with Gasteiger partial charge in [0.15, 0.2) is 0 Å². The summed E-state index contributed by atoms with van der Waals surface area (Å²) in [6.07, 6.45) is 7.86. The largest absolute Gasteiger partial charge is 0.465 e. The SMILES string of the molecule is CCOC(=O)CN(CCc1ccccc1)C(=O)C(C)(Cc1c[nH]c2ccccc12)NC(=O)OC1C2CC3CC(C2)CC1C3. The number of alkyl carbamates (subject to hydrolysis) is 1. The Morgan fingerprint density at radius 3 is 2.33 bits per heavy atom. The zero-order valence-electron chi connectivity index (χ0n) is 25.2. The van der Waals surface area contributed by atoms with Crippen LogP contribution >= 0.6 is 0 Å². The number of para-hydroxylation sites is 1. The number of carbonyl (C=O) groups excluding carboxylic acids is 3. The van der Waals surface area contributed by atoms with Gasteiger partial charge < -0.3 is 24.7 Å². The molecule has 8 heteroatoms. The van der Waals surface area contributed by atoms with Crippen LogP contribution in [0.1, 0.15) is 57.1 Å². The van der Waals surface area contributed by atoms with Crippen LogP contribution in [-0.4, -0.2) is 59.2 Å². The highest BCUT2D eigenvalue weighted by Gasteiger charge is 2.50. The third-order valence-electron chi connectivity index (χ3n) is 9.88. The molecular weight excluding hydrogens is 542 g/mol. The minimum atomic E-state index is -1.36. The van der Waals surface area contributed by atoms with Gasteiger partial charge in [0.25, 0.3) is 0 Å². The number of fused-ring (bicyclic) bond motifs is 1. The Hall–Kier alpha value is -3.81. The lowest BCUT2D eigenvalue weighted by Crippen LogP contribution is -2.61. The molecule has 4 fully saturated rings. The molecule has 4 saturated carbocycles. The van der Waals surface area contributed by atoms with Crippen molar-refractivity contribution in [3.8, 4) is 0 Å². The van der Waals surface area contributed by atoms with Gasteiger partial charge in [-0.15, -0.1) is 0 Å². The maximum atomic E-state index is 14.5. The Morgan fingerprint density at radius 1 is 0.953 bits per heavy atom. The molecule has 1 atom stereocenters. The molecule has 1 aromatic heterocycles. The van der Waals surface area contributed by atoms with Crippen molar-refractivity contribution in [2.45, 2.75) is 70.4 Å². The fourth-order valence-corrected chi connectivity index (χ4v) is 8.15. The van der Waals surface area contributed by atoms with Crippen molar-refractivity contribution >= 4 is 28.9 Å². The van der Waals surface area contributed by atoms with Gasteiger partial charge in [0.1, 0.15) is 18.2 Å². The first kappa shape index (κ1) is 29.3. The number of ether oxygens (including phenoxy) is 2. The summed E-state index contributed by atoms with van der Waals surface area (Å²) in [6, 6.07) is 17.8. The lowest BCUT2D eigenvalue weighted by Gasteiger charge is -2.53. The van der Waals surface area contributed by atoms with Gasteiger partial charge >= 0.3 is 12.1 Å². The lowest BCUT2D eigenvalue weighted by atomic mass is 9.55. The van der Waals surface area contributed by atoms with Gasteiger partial charge in [0.05, 0.1) is 6.61 Å². The average Bonchev–Trinajstić information content (AvgIpc) is 3.39. The molecule has 7 rings (SSSR count). The van der Waals surface area contributed by atoms with Gasteiger partial charge in [-0.2, -0.15) is 0 Å². The number of aromatic nitrogens is 1. The molecule has 0 radical (unpaired) electrons. The molecule has 4 aliphatic carbocycles. The van der Waals surface area contributed by atoms with Gasteiger partial charge in [-0.25, -0.2) is 4.79 Å². The topological polar surface area (TPSA) is 101 Å². The van der Waals surface area contributed by atoms with Crippen molar-refractivity contribution in [1.82, 2.24) is 15.2 Å². The lowest BCUT2D eigenvalue weighted by molar-refractivity contribution is -0.151. The number of amides is 2.